The molecule has 1 fully saturated rings. The molecule has 0 N–H and O–H groups in total. The summed E-state index contributed by atoms with van der Waals surface area (Å²) >= 11 is 2.79. The number of fused-ring (bicyclic) bond motifs is 1. The first-order chi connectivity index (χ1) is 9.94. The average molecular weight is 320 g/mol. The molecule has 3 rings (SSSR count). The van der Waals surface area contributed by atoms with Crippen molar-refractivity contribution in [1.29, 1.82) is 0 Å². The number of thiazole rings is 1. The molecule has 21 heavy (non-hydrogen) atoms. The second-order valence-corrected chi connectivity index (χ2v) is 7.83. The van der Waals surface area contributed by atoms with Gasteiger partial charge in [0.25, 0.3) is 0 Å². The van der Waals surface area contributed by atoms with Gasteiger partial charge in [0, 0.05) is 25.1 Å². The molecular formula is C15H16N2O2S2. The number of carbonyl (C=O) groups is 2. The summed E-state index contributed by atoms with van der Waals surface area (Å²) in [5.74, 6) is 0.0567. The lowest BCUT2D eigenvalue weighted by atomic mass is 10.1. The summed E-state index contributed by atoms with van der Waals surface area (Å²) in [7, 11) is 0. The van der Waals surface area contributed by atoms with Gasteiger partial charge < -0.3 is 0 Å². The SMILES string of the molecule is CC(=O)SC1CC(=O)N(c2nc3cc(C)c(C)cc3s2)C1. The molecule has 1 aliphatic rings. The van der Waals surface area contributed by atoms with E-state index in [-0.39, 0.29) is 16.3 Å². The molecule has 2 heterocycles. The fourth-order valence-corrected chi connectivity index (χ4v) is 4.45. The number of anilines is 1. The first-order valence-electron chi connectivity index (χ1n) is 6.79. The van der Waals surface area contributed by atoms with Crippen LogP contribution in [0, 0.1) is 13.8 Å². The van der Waals surface area contributed by atoms with Crippen LogP contribution >= 0.6 is 23.1 Å². The number of hydrogen-bond donors (Lipinski definition) is 0. The predicted molar refractivity (Wildman–Crippen MR) is 88.1 cm³/mol. The van der Waals surface area contributed by atoms with Gasteiger partial charge in [-0.05, 0) is 37.1 Å². The van der Waals surface area contributed by atoms with Crippen LogP contribution in [-0.2, 0) is 9.59 Å². The first kappa shape index (κ1) is 14.5. The third-order valence-corrected chi connectivity index (χ3v) is 5.67. The highest BCUT2D eigenvalue weighted by Gasteiger charge is 2.33. The van der Waals surface area contributed by atoms with Gasteiger partial charge >= 0.3 is 0 Å². The van der Waals surface area contributed by atoms with Crippen LogP contribution in [0.3, 0.4) is 0 Å². The molecule has 4 nitrogen and oxygen atoms in total. The second-order valence-electron chi connectivity index (χ2n) is 5.34. The zero-order valence-electron chi connectivity index (χ0n) is 12.2. The third kappa shape index (κ3) is 2.82. The van der Waals surface area contributed by atoms with Crippen LogP contribution in [0.15, 0.2) is 12.1 Å². The van der Waals surface area contributed by atoms with E-state index >= 15 is 0 Å². The Morgan fingerprint density at radius 3 is 2.81 bits per heavy atom. The number of aryl methyl sites for hydroxylation is 2. The number of thioether (sulfide) groups is 1. The molecule has 0 bridgehead atoms. The lowest BCUT2D eigenvalue weighted by Crippen LogP contribution is -2.24. The van der Waals surface area contributed by atoms with Gasteiger partial charge in [-0.15, -0.1) is 0 Å². The number of hydrogen-bond acceptors (Lipinski definition) is 5. The van der Waals surface area contributed by atoms with Crippen molar-refractivity contribution in [2.45, 2.75) is 32.4 Å². The molecule has 0 aliphatic carbocycles. The Labute approximate surface area is 131 Å². The molecule has 0 saturated carbocycles. The highest BCUT2D eigenvalue weighted by Crippen LogP contribution is 2.35. The Bertz CT molecular complexity index is 700. The lowest BCUT2D eigenvalue weighted by Gasteiger charge is -2.11. The molecular weight excluding hydrogens is 304 g/mol. The summed E-state index contributed by atoms with van der Waals surface area (Å²) < 4.78 is 1.10. The largest absolute Gasteiger partial charge is 0.288 e. The zero-order valence-corrected chi connectivity index (χ0v) is 13.8. The summed E-state index contributed by atoms with van der Waals surface area (Å²) in [4.78, 5) is 29.6. The highest BCUT2D eigenvalue weighted by molar-refractivity contribution is 8.14. The number of aromatic nitrogens is 1. The minimum Gasteiger partial charge on any atom is -0.288 e. The van der Waals surface area contributed by atoms with E-state index in [0.29, 0.717) is 13.0 Å². The molecule has 0 spiro atoms. The number of carbonyl (C=O) groups excluding carboxylic acids is 2. The van der Waals surface area contributed by atoms with Crippen LogP contribution in [0.2, 0.25) is 0 Å². The predicted octanol–water partition coefficient (Wildman–Crippen LogP) is 3.30. The molecule has 1 aromatic carbocycles. The molecule has 1 aliphatic heterocycles. The average Bonchev–Trinajstić information content (AvgIpc) is 2.92. The molecule has 0 radical (unpaired) electrons. The van der Waals surface area contributed by atoms with E-state index in [1.807, 2.05) is 0 Å². The van der Waals surface area contributed by atoms with E-state index in [9.17, 15) is 9.59 Å². The number of amides is 1. The highest BCUT2D eigenvalue weighted by atomic mass is 32.2. The van der Waals surface area contributed by atoms with E-state index in [1.54, 1.807) is 23.2 Å². The maximum atomic E-state index is 12.1. The van der Waals surface area contributed by atoms with Gasteiger partial charge in [0.2, 0.25) is 5.91 Å². The van der Waals surface area contributed by atoms with Gasteiger partial charge in [-0.3, -0.25) is 14.5 Å². The monoisotopic (exact) mass is 320 g/mol. The molecule has 1 unspecified atom stereocenters. The topological polar surface area (TPSA) is 50.3 Å². The van der Waals surface area contributed by atoms with Gasteiger partial charge in [-0.25, -0.2) is 4.98 Å². The van der Waals surface area contributed by atoms with Crippen molar-refractivity contribution in [1.82, 2.24) is 4.98 Å². The molecule has 110 valence electrons. The first-order valence-corrected chi connectivity index (χ1v) is 8.49. The maximum Gasteiger partial charge on any atom is 0.230 e. The van der Waals surface area contributed by atoms with Crippen molar-refractivity contribution >= 4 is 49.5 Å². The van der Waals surface area contributed by atoms with E-state index in [4.69, 9.17) is 0 Å². The number of rotatable bonds is 2. The summed E-state index contributed by atoms with van der Waals surface area (Å²) in [5.41, 5.74) is 3.38. The molecule has 6 heteroatoms. The van der Waals surface area contributed by atoms with Crippen molar-refractivity contribution in [3.05, 3.63) is 23.3 Å². The van der Waals surface area contributed by atoms with Crippen molar-refractivity contribution in [2.75, 3.05) is 11.4 Å². The van der Waals surface area contributed by atoms with Crippen LogP contribution in [0.4, 0.5) is 5.13 Å². The maximum absolute atomic E-state index is 12.1. The Balaban J connectivity index is 1.90. The van der Waals surface area contributed by atoms with E-state index < -0.39 is 0 Å². The van der Waals surface area contributed by atoms with Gasteiger partial charge in [-0.1, -0.05) is 23.1 Å². The lowest BCUT2D eigenvalue weighted by molar-refractivity contribution is -0.117. The molecule has 1 amide bonds. The quantitative estimate of drug-likeness (QED) is 0.852. The van der Waals surface area contributed by atoms with E-state index in [2.05, 4.69) is 31.0 Å². The van der Waals surface area contributed by atoms with Gasteiger partial charge in [0.15, 0.2) is 10.2 Å². The van der Waals surface area contributed by atoms with Crippen LogP contribution in [0.5, 0.6) is 0 Å². The molecule has 2 aromatic rings. The summed E-state index contributed by atoms with van der Waals surface area (Å²) in [6.45, 7) is 6.25. The Morgan fingerprint density at radius 2 is 2.10 bits per heavy atom. The Kier molecular flexibility index (Phi) is 3.75. The molecule has 1 aromatic heterocycles. The number of nitrogens with zero attached hydrogens (tertiary/aromatic N) is 2. The van der Waals surface area contributed by atoms with Crippen LogP contribution in [0.25, 0.3) is 10.2 Å². The van der Waals surface area contributed by atoms with Crippen LogP contribution in [-0.4, -0.2) is 27.8 Å². The normalized spacial score (nSPS) is 18.7. The molecule has 1 atom stereocenters. The van der Waals surface area contributed by atoms with Gasteiger partial charge in [0.1, 0.15) is 0 Å². The fourth-order valence-electron chi connectivity index (χ4n) is 2.46. The Hall–Kier alpha value is -1.40. The summed E-state index contributed by atoms with van der Waals surface area (Å²) in [5, 5.41) is 0.849. The van der Waals surface area contributed by atoms with Crippen LogP contribution in [0.1, 0.15) is 24.5 Å². The standard InChI is InChI=1S/C15H16N2O2S2/c1-8-4-12-13(5-9(8)2)21-15(16-12)17-7-11(6-14(17)19)20-10(3)18/h4-5,11H,6-7H2,1-3H3. The smallest absolute Gasteiger partial charge is 0.230 e. The minimum absolute atomic E-state index is 0.0467. The Morgan fingerprint density at radius 1 is 1.38 bits per heavy atom. The van der Waals surface area contributed by atoms with Crippen LogP contribution < -0.4 is 4.90 Å². The van der Waals surface area contributed by atoms with Crippen molar-refractivity contribution in [3.63, 3.8) is 0 Å². The van der Waals surface area contributed by atoms with E-state index in [0.717, 1.165) is 15.3 Å². The molecule has 1 saturated heterocycles. The van der Waals surface area contributed by atoms with Gasteiger partial charge in [0.05, 0.1) is 10.2 Å². The third-order valence-electron chi connectivity index (χ3n) is 3.65. The minimum atomic E-state index is 0.0467. The second kappa shape index (κ2) is 5.42. The van der Waals surface area contributed by atoms with Crippen molar-refractivity contribution in [3.8, 4) is 0 Å². The van der Waals surface area contributed by atoms with Crippen molar-refractivity contribution < 1.29 is 9.59 Å². The van der Waals surface area contributed by atoms with Gasteiger partial charge in [-0.2, -0.15) is 0 Å². The van der Waals surface area contributed by atoms with Crippen molar-refractivity contribution in [2.24, 2.45) is 0 Å². The summed E-state index contributed by atoms with van der Waals surface area (Å²) in [6, 6.07) is 4.18. The van der Waals surface area contributed by atoms with E-state index in [1.165, 1.54) is 22.9 Å². The fraction of sp³-hybridized carbons (Fsp3) is 0.400. The number of benzene rings is 1. The zero-order chi connectivity index (χ0) is 15.1. The summed E-state index contributed by atoms with van der Waals surface area (Å²) in [6.07, 6.45) is 0.415.